The molecule has 2 heterocycles. The summed E-state index contributed by atoms with van der Waals surface area (Å²) in [5.41, 5.74) is 3.84. The third-order valence-electron chi connectivity index (χ3n) is 3.37. The summed E-state index contributed by atoms with van der Waals surface area (Å²) < 4.78 is 0. The molecule has 1 unspecified atom stereocenters. The molecule has 1 atom stereocenters. The average Bonchev–Trinajstić information content (AvgIpc) is 3.23. The van der Waals surface area contributed by atoms with Gasteiger partial charge in [0.1, 0.15) is 11.6 Å². The molecule has 0 amide bonds. The van der Waals surface area contributed by atoms with Crippen LogP contribution in [0.3, 0.4) is 0 Å². The molecule has 92 valence electrons. The first kappa shape index (κ1) is 11.3. The smallest absolute Gasteiger partial charge is 0.144 e. The summed E-state index contributed by atoms with van der Waals surface area (Å²) >= 11 is 1.98. The maximum atomic E-state index is 5.49. The van der Waals surface area contributed by atoms with Crippen LogP contribution in [0, 0.1) is 0 Å². The zero-order valence-electron chi connectivity index (χ0n) is 9.85. The van der Waals surface area contributed by atoms with Crippen LogP contribution in [0.1, 0.15) is 54.8 Å². The fourth-order valence-electron chi connectivity index (χ4n) is 2.24. The van der Waals surface area contributed by atoms with Crippen LogP contribution in [0.25, 0.3) is 0 Å². The van der Waals surface area contributed by atoms with Crippen molar-refractivity contribution >= 4 is 17.6 Å². The van der Waals surface area contributed by atoms with E-state index in [1.165, 1.54) is 43.6 Å². The first-order chi connectivity index (χ1) is 8.36. The molecular weight excluding hydrogens is 232 g/mol. The van der Waals surface area contributed by atoms with Crippen molar-refractivity contribution in [1.82, 2.24) is 9.97 Å². The highest BCUT2D eigenvalue weighted by molar-refractivity contribution is 7.99. The molecule has 0 bridgehead atoms. The van der Waals surface area contributed by atoms with E-state index in [0.29, 0.717) is 11.2 Å². The van der Waals surface area contributed by atoms with E-state index in [2.05, 4.69) is 10.4 Å². The molecule has 0 aromatic carbocycles. The van der Waals surface area contributed by atoms with Crippen LogP contribution in [0.2, 0.25) is 0 Å². The maximum Gasteiger partial charge on any atom is 0.144 e. The van der Waals surface area contributed by atoms with Crippen LogP contribution in [-0.2, 0) is 0 Å². The summed E-state index contributed by atoms with van der Waals surface area (Å²) in [6.45, 7) is 0. The molecule has 1 saturated carbocycles. The van der Waals surface area contributed by atoms with Gasteiger partial charge in [0.2, 0.25) is 0 Å². The quantitative estimate of drug-likeness (QED) is 0.637. The largest absolute Gasteiger partial charge is 0.308 e. The van der Waals surface area contributed by atoms with Gasteiger partial charge in [-0.25, -0.2) is 15.8 Å². The minimum absolute atomic E-state index is 0.467. The molecule has 1 saturated heterocycles. The molecule has 17 heavy (non-hydrogen) atoms. The van der Waals surface area contributed by atoms with Crippen molar-refractivity contribution in [3.8, 4) is 0 Å². The van der Waals surface area contributed by atoms with E-state index in [1.807, 2.05) is 17.8 Å². The van der Waals surface area contributed by atoms with Gasteiger partial charge >= 0.3 is 0 Å². The lowest BCUT2D eigenvalue weighted by atomic mass is 10.1. The van der Waals surface area contributed by atoms with E-state index < -0.39 is 0 Å². The topological polar surface area (TPSA) is 63.8 Å². The summed E-state index contributed by atoms with van der Waals surface area (Å²) in [5, 5.41) is 0.467. The van der Waals surface area contributed by atoms with E-state index >= 15 is 0 Å². The molecule has 1 aromatic rings. The lowest BCUT2D eigenvalue weighted by Crippen LogP contribution is -2.14. The number of aromatic nitrogens is 2. The molecule has 3 N–H and O–H groups in total. The SMILES string of the molecule is NNc1cc(C2CC2)nc(C2CCCCS2)n1. The van der Waals surface area contributed by atoms with Crippen molar-refractivity contribution in [3.05, 3.63) is 17.6 Å². The van der Waals surface area contributed by atoms with Crippen LogP contribution >= 0.6 is 11.8 Å². The molecule has 2 fully saturated rings. The van der Waals surface area contributed by atoms with Crippen molar-refractivity contribution < 1.29 is 0 Å². The third-order valence-corrected chi connectivity index (χ3v) is 4.75. The Labute approximate surface area is 106 Å². The molecule has 0 spiro atoms. The molecule has 2 aliphatic rings. The second-order valence-electron chi connectivity index (χ2n) is 4.81. The average molecular weight is 250 g/mol. The Morgan fingerprint density at radius 2 is 2.12 bits per heavy atom. The first-order valence-corrected chi connectivity index (χ1v) is 7.39. The van der Waals surface area contributed by atoms with E-state index in [9.17, 15) is 0 Å². The highest BCUT2D eigenvalue weighted by atomic mass is 32.2. The second-order valence-corrected chi connectivity index (χ2v) is 6.12. The minimum atomic E-state index is 0.467. The highest BCUT2D eigenvalue weighted by Crippen LogP contribution is 2.42. The molecule has 0 radical (unpaired) electrons. The second kappa shape index (κ2) is 4.82. The molecule has 5 heteroatoms. The summed E-state index contributed by atoms with van der Waals surface area (Å²) in [6.07, 6.45) is 6.34. The fraction of sp³-hybridized carbons (Fsp3) is 0.667. The number of anilines is 1. The lowest BCUT2D eigenvalue weighted by molar-refractivity contribution is 0.659. The van der Waals surface area contributed by atoms with E-state index in [4.69, 9.17) is 10.8 Å². The van der Waals surface area contributed by atoms with Crippen LogP contribution in [0.5, 0.6) is 0 Å². The summed E-state index contributed by atoms with van der Waals surface area (Å²) in [6, 6.07) is 1.99. The van der Waals surface area contributed by atoms with Gasteiger partial charge in [0.25, 0.3) is 0 Å². The predicted octanol–water partition coefficient (Wildman–Crippen LogP) is 2.60. The van der Waals surface area contributed by atoms with E-state index in [0.717, 1.165) is 11.6 Å². The van der Waals surface area contributed by atoms with Crippen molar-refractivity contribution in [2.45, 2.75) is 43.3 Å². The zero-order valence-corrected chi connectivity index (χ0v) is 10.7. The van der Waals surface area contributed by atoms with E-state index in [1.54, 1.807) is 0 Å². The number of hydrazine groups is 1. The predicted molar refractivity (Wildman–Crippen MR) is 70.9 cm³/mol. The van der Waals surface area contributed by atoms with Gasteiger partial charge in [-0.15, -0.1) is 0 Å². The molecule has 1 aliphatic heterocycles. The summed E-state index contributed by atoms with van der Waals surface area (Å²) in [4.78, 5) is 9.26. The van der Waals surface area contributed by atoms with Gasteiger partial charge in [-0.1, -0.05) is 6.42 Å². The highest BCUT2D eigenvalue weighted by Gasteiger charge is 2.28. The van der Waals surface area contributed by atoms with E-state index in [-0.39, 0.29) is 0 Å². The number of nitrogens with one attached hydrogen (secondary N) is 1. The zero-order chi connectivity index (χ0) is 11.7. The van der Waals surface area contributed by atoms with Crippen LogP contribution < -0.4 is 11.3 Å². The van der Waals surface area contributed by atoms with Crippen LogP contribution in [0.15, 0.2) is 6.07 Å². The van der Waals surface area contributed by atoms with Crippen molar-refractivity contribution in [1.29, 1.82) is 0 Å². The van der Waals surface area contributed by atoms with Crippen molar-refractivity contribution in [3.63, 3.8) is 0 Å². The Morgan fingerprint density at radius 3 is 2.76 bits per heavy atom. The normalized spacial score (nSPS) is 24.6. The number of hydrogen-bond acceptors (Lipinski definition) is 5. The third kappa shape index (κ3) is 2.55. The molecular formula is C12H18N4S. The number of nitrogens with zero attached hydrogens (tertiary/aromatic N) is 2. The van der Waals surface area contributed by atoms with Gasteiger partial charge in [-0.05, 0) is 31.4 Å². The Morgan fingerprint density at radius 1 is 1.24 bits per heavy atom. The van der Waals surface area contributed by atoms with Crippen molar-refractivity contribution in [2.24, 2.45) is 5.84 Å². The van der Waals surface area contributed by atoms with Gasteiger partial charge in [-0.3, -0.25) is 0 Å². The lowest BCUT2D eigenvalue weighted by Gasteiger charge is -2.20. The first-order valence-electron chi connectivity index (χ1n) is 6.34. The maximum absolute atomic E-state index is 5.49. The molecule has 1 aliphatic carbocycles. The summed E-state index contributed by atoms with van der Waals surface area (Å²) in [7, 11) is 0. The van der Waals surface area contributed by atoms with Crippen LogP contribution in [-0.4, -0.2) is 15.7 Å². The standard InChI is InChI=1S/C12H18N4S/c13-16-11-7-9(8-4-5-8)14-12(15-11)10-3-1-2-6-17-10/h7-8,10H,1-6,13H2,(H,14,15,16). The monoisotopic (exact) mass is 250 g/mol. The number of hydrogen-bond donors (Lipinski definition) is 2. The fourth-order valence-corrected chi connectivity index (χ4v) is 3.48. The molecule has 1 aromatic heterocycles. The number of nitrogens with two attached hydrogens (primary N) is 1. The molecule has 4 nitrogen and oxygen atoms in total. The number of thioether (sulfide) groups is 1. The van der Waals surface area contributed by atoms with Gasteiger partial charge < -0.3 is 5.43 Å². The van der Waals surface area contributed by atoms with Crippen molar-refractivity contribution in [2.75, 3.05) is 11.2 Å². The van der Waals surface area contributed by atoms with Crippen LogP contribution in [0.4, 0.5) is 5.82 Å². The van der Waals surface area contributed by atoms with Gasteiger partial charge in [0.15, 0.2) is 0 Å². The van der Waals surface area contributed by atoms with Gasteiger partial charge in [0, 0.05) is 17.7 Å². The Bertz CT molecular complexity index is 399. The Balaban J connectivity index is 1.88. The van der Waals surface area contributed by atoms with Gasteiger partial charge in [-0.2, -0.15) is 11.8 Å². The van der Waals surface area contributed by atoms with Gasteiger partial charge in [0.05, 0.1) is 5.25 Å². The number of nitrogen functional groups attached to an aromatic ring is 1. The molecule has 3 rings (SSSR count). The summed E-state index contributed by atoms with van der Waals surface area (Å²) in [5.74, 6) is 9.12. The minimum Gasteiger partial charge on any atom is -0.308 e. The Kier molecular flexibility index (Phi) is 3.20. The Hall–Kier alpha value is -0.810. The number of rotatable bonds is 3.